The number of hydrogen-bond acceptors (Lipinski definition) is 2. The second kappa shape index (κ2) is 7.17. The van der Waals surface area contributed by atoms with Crippen LogP contribution in [0.3, 0.4) is 0 Å². The summed E-state index contributed by atoms with van der Waals surface area (Å²) >= 11 is 0. The Morgan fingerprint density at radius 1 is 1.28 bits per heavy atom. The van der Waals surface area contributed by atoms with Gasteiger partial charge in [-0.15, -0.1) is 0 Å². The fourth-order valence-electron chi connectivity index (χ4n) is 1.96. The van der Waals surface area contributed by atoms with Gasteiger partial charge in [-0.2, -0.15) is 0 Å². The number of aliphatic carboxylic acids is 1. The van der Waals surface area contributed by atoms with E-state index in [2.05, 4.69) is 12.2 Å². The van der Waals surface area contributed by atoms with Crippen molar-refractivity contribution in [3.05, 3.63) is 35.9 Å². The van der Waals surface area contributed by atoms with E-state index in [9.17, 15) is 9.90 Å². The van der Waals surface area contributed by atoms with Crippen molar-refractivity contribution in [2.24, 2.45) is 0 Å². The molecule has 0 aromatic heterocycles. The Labute approximate surface area is 109 Å². The molecule has 0 fully saturated rings. The molecule has 1 aromatic rings. The van der Waals surface area contributed by atoms with E-state index >= 15 is 0 Å². The molecule has 2 N–H and O–H groups in total. The highest BCUT2D eigenvalue weighted by atomic mass is 16.4. The number of unbranched alkanes of at least 4 members (excludes halogenated alkanes) is 2. The highest BCUT2D eigenvalue weighted by Gasteiger charge is 2.32. The molecule has 0 radical (unpaired) electrons. The van der Waals surface area contributed by atoms with E-state index in [1.165, 1.54) is 0 Å². The molecule has 3 nitrogen and oxygen atoms in total. The molecule has 1 atom stereocenters. The van der Waals surface area contributed by atoms with Gasteiger partial charge in [-0.1, -0.05) is 50.1 Å². The van der Waals surface area contributed by atoms with Crippen molar-refractivity contribution in [3.63, 3.8) is 0 Å². The molecule has 0 heterocycles. The average Bonchev–Trinajstić information content (AvgIpc) is 2.36. The van der Waals surface area contributed by atoms with E-state index in [1.807, 2.05) is 30.3 Å². The average molecular weight is 249 g/mol. The van der Waals surface area contributed by atoms with E-state index < -0.39 is 11.5 Å². The number of benzene rings is 1. The summed E-state index contributed by atoms with van der Waals surface area (Å²) in [5.41, 5.74) is 0.167. The van der Waals surface area contributed by atoms with Gasteiger partial charge in [0.1, 0.15) is 5.54 Å². The van der Waals surface area contributed by atoms with Crippen LogP contribution in [-0.2, 0) is 11.2 Å². The number of hydrogen-bond donors (Lipinski definition) is 2. The smallest absolute Gasteiger partial charge is 0.323 e. The summed E-state index contributed by atoms with van der Waals surface area (Å²) in [5, 5.41) is 12.6. The van der Waals surface area contributed by atoms with Crippen molar-refractivity contribution in [2.45, 2.75) is 45.1 Å². The molecule has 0 amide bonds. The minimum Gasteiger partial charge on any atom is -0.480 e. The first-order valence-corrected chi connectivity index (χ1v) is 6.61. The number of carbonyl (C=O) groups is 1. The molecule has 1 unspecified atom stereocenters. The molecule has 1 aromatic carbocycles. The van der Waals surface area contributed by atoms with Crippen LogP contribution >= 0.6 is 0 Å². The molecular formula is C15H23NO2. The maximum atomic E-state index is 11.4. The lowest BCUT2D eigenvalue weighted by atomic mass is 9.92. The van der Waals surface area contributed by atoms with Crippen LogP contribution in [0.1, 0.15) is 38.7 Å². The number of carboxylic acid groups (broad SMARTS) is 1. The zero-order valence-corrected chi connectivity index (χ0v) is 11.3. The van der Waals surface area contributed by atoms with Gasteiger partial charge in [0.2, 0.25) is 0 Å². The molecule has 0 aliphatic heterocycles. The molecule has 0 spiro atoms. The molecular weight excluding hydrogens is 226 g/mol. The van der Waals surface area contributed by atoms with Crippen molar-refractivity contribution in [1.29, 1.82) is 0 Å². The molecule has 0 bridgehead atoms. The summed E-state index contributed by atoms with van der Waals surface area (Å²) in [4.78, 5) is 11.4. The zero-order valence-electron chi connectivity index (χ0n) is 11.3. The quantitative estimate of drug-likeness (QED) is 0.696. The predicted molar refractivity (Wildman–Crippen MR) is 73.7 cm³/mol. The fraction of sp³-hybridized carbons (Fsp3) is 0.533. The standard InChI is InChI=1S/C15H23NO2/c1-3-4-8-11-16-15(2,14(17)18)12-13-9-6-5-7-10-13/h5-7,9-10,16H,3-4,8,11-12H2,1-2H3,(H,17,18). The van der Waals surface area contributed by atoms with Crippen molar-refractivity contribution in [3.8, 4) is 0 Å². The SMILES string of the molecule is CCCCCNC(C)(Cc1ccccc1)C(=O)O. The van der Waals surface area contributed by atoms with Crippen molar-refractivity contribution in [1.82, 2.24) is 5.32 Å². The van der Waals surface area contributed by atoms with E-state index in [0.29, 0.717) is 6.42 Å². The van der Waals surface area contributed by atoms with E-state index in [1.54, 1.807) is 6.92 Å². The predicted octanol–water partition coefficient (Wildman–Crippen LogP) is 2.85. The monoisotopic (exact) mass is 249 g/mol. The maximum Gasteiger partial charge on any atom is 0.323 e. The summed E-state index contributed by atoms with van der Waals surface area (Å²) in [7, 11) is 0. The normalized spacial score (nSPS) is 14.1. The molecule has 3 heteroatoms. The van der Waals surface area contributed by atoms with Gasteiger partial charge in [-0.25, -0.2) is 0 Å². The van der Waals surface area contributed by atoms with Gasteiger partial charge < -0.3 is 10.4 Å². The lowest BCUT2D eigenvalue weighted by Crippen LogP contribution is -2.51. The van der Waals surface area contributed by atoms with E-state index in [-0.39, 0.29) is 0 Å². The largest absolute Gasteiger partial charge is 0.480 e. The molecule has 18 heavy (non-hydrogen) atoms. The molecule has 100 valence electrons. The summed E-state index contributed by atoms with van der Waals surface area (Å²) in [6.07, 6.45) is 3.81. The number of rotatable bonds is 8. The topological polar surface area (TPSA) is 49.3 Å². The Balaban J connectivity index is 2.60. The van der Waals surface area contributed by atoms with E-state index in [0.717, 1.165) is 31.4 Å². The van der Waals surface area contributed by atoms with Gasteiger partial charge in [0, 0.05) is 6.42 Å². The summed E-state index contributed by atoms with van der Waals surface area (Å²) < 4.78 is 0. The van der Waals surface area contributed by atoms with Crippen LogP contribution in [0.5, 0.6) is 0 Å². The Kier molecular flexibility index (Phi) is 5.86. The first kappa shape index (κ1) is 14.7. The molecule has 0 saturated heterocycles. The van der Waals surface area contributed by atoms with E-state index in [4.69, 9.17) is 0 Å². The third-order valence-electron chi connectivity index (χ3n) is 3.17. The molecule has 0 saturated carbocycles. The first-order chi connectivity index (χ1) is 8.58. The second-order valence-corrected chi connectivity index (χ2v) is 4.93. The highest BCUT2D eigenvalue weighted by molar-refractivity contribution is 5.78. The van der Waals surface area contributed by atoms with Gasteiger partial charge >= 0.3 is 5.97 Å². The maximum absolute atomic E-state index is 11.4. The third-order valence-corrected chi connectivity index (χ3v) is 3.17. The van der Waals surface area contributed by atoms with Crippen LogP contribution in [0.25, 0.3) is 0 Å². The van der Waals surface area contributed by atoms with Crippen LogP contribution in [0, 0.1) is 0 Å². The third kappa shape index (κ3) is 4.49. The first-order valence-electron chi connectivity index (χ1n) is 6.61. The Hall–Kier alpha value is -1.35. The number of nitrogens with one attached hydrogen (secondary N) is 1. The number of carboxylic acids is 1. The summed E-state index contributed by atoms with van der Waals surface area (Å²) in [5.74, 6) is -0.789. The highest BCUT2D eigenvalue weighted by Crippen LogP contribution is 2.14. The Morgan fingerprint density at radius 3 is 2.50 bits per heavy atom. The van der Waals surface area contributed by atoms with Gasteiger partial charge in [0.05, 0.1) is 0 Å². The van der Waals surface area contributed by atoms with Crippen LogP contribution < -0.4 is 5.32 Å². The van der Waals surface area contributed by atoms with Crippen molar-refractivity contribution < 1.29 is 9.90 Å². The molecule has 0 aliphatic rings. The van der Waals surface area contributed by atoms with Gasteiger partial charge in [-0.3, -0.25) is 4.79 Å². The minimum absolute atomic E-state index is 0.509. The van der Waals surface area contributed by atoms with Crippen LogP contribution in [0.2, 0.25) is 0 Å². The van der Waals surface area contributed by atoms with Crippen LogP contribution in [0.4, 0.5) is 0 Å². The second-order valence-electron chi connectivity index (χ2n) is 4.93. The van der Waals surface area contributed by atoms with Crippen molar-refractivity contribution in [2.75, 3.05) is 6.54 Å². The summed E-state index contributed by atoms with van der Waals surface area (Å²) in [6, 6.07) is 9.75. The minimum atomic E-state index is -0.880. The van der Waals surface area contributed by atoms with Crippen LogP contribution in [0.15, 0.2) is 30.3 Å². The molecule has 0 aliphatic carbocycles. The summed E-state index contributed by atoms with van der Waals surface area (Å²) in [6.45, 7) is 4.65. The lowest BCUT2D eigenvalue weighted by Gasteiger charge is -2.26. The lowest BCUT2D eigenvalue weighted by molar-refractivity contribution is -0.144. The van der Waals surface area contributed by atoms with Gasteiger partial charge in [-0.05, 0) is 25.5 Å². The Bertz CT molecular complexity index is 364. The van der Waals surface area contributed by atoms with Gasteiger partial charge in [0.25, 0.3) is 0 Å². The van der Waals surface area contributed by atoms with Crippen molar-refractivity contribution >= 4 is 5.97 Å². The fourth-order valence-corrected chi connectivity index (χ4v) is 1.96. The van der Waals surface area contributed by atoms with Gasteiger partial charge in [0.15, 0.2) is 0 Å². The Morgan fingerprint density at radius 2 is 1.94 bits per heavy atom. The van der Waals surface area contributed by atoms with Crippen LogP contribution in [-0.4, -0.2) is 23.2 Å². The molecule has 1 rings (SSSR count). The zero-order chi connectivity index (χ0) is 13.4.